The van der Waals surface area contributed by atoms with Gasteiger partial charge >= 0.3 is 0 Å². The fourth-order valence-electron chi connectivity index (χ4n) is 3.88. The monoisotopic (exact) mass is 448 g/mol. The van der Waals surface area contributed by atoms with E-state index in [0.717, 1.165) is 42.3 Å². The minimum atomic E-state index is -0.353. The van der Waals surface area contributed by atoms with E-state index in [4.69, 9.17) is 10.2 Å². The van der Waals surface area contributed by atoms with Crippen LogP contribution in [-0.4, -0.2) is 73.6 Å². The van der Waals surface area contributed by atoms with Gasteiger partial charge in [-0.3, -0.25) is 9.69 Å². The fourth-order valence-corrected chi connectivity index (χ4v) is 4.23. The summed E-state index contributed by atoms with van der Waals surface area (Å²) in [5.41, 5.74) is 7.40. The molecule has 0 aliphatic carbocycles. The molecule has 8 nitrogen and oxygen atoms in total. The third-order valence-electron chi connectivity index (χ3n) is 5.35. The molecule has 150 valence electrons. The van der Waals surface area contributed by atoms with Gasteiger partial charge in [-0.15, -0.1) is 0 Å². The van der Waals surface area contributed by atoms with E-state index in [1.165, 1.54) is 25.9 Å². The number of nitrogens with two attached hydrogens (primary N) is 1. The van der Waals surface area contributed by atoms with Crippen LogP contribution >= 0.6 is 15.9 Å². The Hall–Kier alpha value is -2.10. The highest BCUT2D eigenvalue weighted by Crippen LogP contribution is 2.29. The number of oxazole rings is 1. The minimum Gasteiger partial charge on any atom is -0.431 e. The van der Waals surface area contributed by atoms with Crippen LogP contribution in [0.3, 0.4) is 0 Å². The molecule has 1 aromatic heterocycles. The number of nitrogen functional groups attached to an aromatic ring is 1. The van der Waals surface area contributed by atoms with Gasteiger partial charge in [0.05, 0.1) is 5.69 Å². The molecule has 2 aliphatic heterocycles. The third kappa shape index (κ3) is 4.31. The first-order chi connectivity index (χ1) is 13.5. The third-order valence-corrected chi connectivity index (χ3v) is 6.04. The average Bonchev–Trinajstić information content (AvgIpc) is 3.09. The van der Waals surface area contributed by atoms with Gasteiger partial charge < -0.3 is 25.3 Å². The molecule has 2 aromatic rings. The molecule has 0 spiro atoms. The van der Waals surface area contributed by atoms with Crippen molar-refractivity contribution >= 4 is 39.2 Å². The fraction of sp³-hybridized carbons (Fsp3) is 0.474. The molecule has 2 aliphatic rings. The van der Waals surface area contributed by atoms with E-state index in [-0.39, 0.29) is 17.6 Å². The highest BCUT2D eigenvalue weighted by molar-refractivity contribution is 9.10. The van der Waals surface area contributed by atoms with Gasteiger partial charge in [0.2, 0.25) is 0 Å². The molecule has 2 fully saturated rings. The van der Waals surface area contributed by atoms with Crippen LogP contribution in [0.1, 0.15) is 10.5 Å². The highest BCUT2D eigenvalue weighted by Gasteiger charge is 2.27. The molecule has 0 radical (unpaired) electrons. The number of nitrogens with zero attached hydrogens (tertiary/aromatic N) is 4. The number of likely N-dealkylation sites (tertiary alicyclic amines) is 1. The molecule has 28 heavy (non-hydrogen) atoms. The summed E-state index contributed by atoms with van der Waals surface area (Å²) >= 11 is 3.50. The molecule has 4 rings (SSSR count). The zero-order valence-electron chi connectivity index (χ0n) is 15.9. The normalized spacial score (nSPS) is 18.9. The zero-order valence-corrected chi connectivity index (χ0v) is 17.5. The van der Waals surface area contributed by atoms with E-state index >= 15 is 0 Å². The van der Waals surface area contributed by atoms with Gasteiger partial charge in [-0.1, -0.05) is 0 Å². The predicted octanol–water partition coefficient (Wildman–Crippen LogP) is 1.96. The van der Waals surface area contributed by atoms with Gasteiger partial charge in [0, 0.05) is 56.0 Å². The Kier molecular flexibility index (Phi) is 5.56. The summed E-state index contributed by atoms with van der Waals surface area (Å²) in [4.78, 5) is 23.5. The van der Waals surface area contributed by atoms with E-state index in [1.807, 2.05) is 12.1 Å². The molecule has 3 N–H and O–H groups in total. The topological polar surface area (TPSA) is 90.9 Å². The predicted molar refractivity (Wildman–Crippen MR) is 113 cm³/mol. The number of nitrogens with one attached hydrogen (secondary N) is 1. The Morgan fingerprint density at radius 1 is 1.32 bits per heavy atom. The van der Waals surface area contributed by atoms with Gasteiger partial charge in [-0.05, 0) is 47.1 Å². The quantitative estimate of drug-likeness (QED) is 0.721. The molecule has 1 aromatic carbocycles. The number of anilines is 3. The first-order valence-electron chi connectivity index (χ1n) is 9.45. The number of hydrogen-bond acceptors (Lipinski definition) is 7. The molecule has 0 unspecified atom stereocenters. The second-order valence-corrected chi connectivity index (χ2v) is 8.42. The van der Waals surface area contributed by atoms with Gasteiger partial charge in [-0.25, -0.2) is 0 Å². The largest absolute Gasteiger partial charge is 0.431 e. The maximum absolute atomic E-state index is 12.3. The average molecular weight is 449 g/mol. The van der Waals surface area contributed by atoms with Crippen molar-refractivity contribution < 1.29 is 9.21 Å². The number of amides is 1. The first-order valence-corrected chi connectivity index (χ1v) is 10.2. The van der Waals surface area contributed by atoms with E-state index in [2.05, 4.69) is 54.0 Å². The first kappa shape index (κ1) is 19.2. The zero-order chi connectivity index (χ0) is 19.7. The number of carbonyl (C=O) groups excluding carboxylic acids is 1. The lowest BCUT2D eigenvalue weighted by atomic mass is 10.0. The Bertz CT molecular complexity index is 843. The summed E-state index contributed by atoms with van der Waals surface area (Å²) in [7, 11) is 2.18. The molecule has 3 heterocycles. The lowest BCUT2D eigenvalue weighted by Crippen LogP contribution is -2.53. The van der Waals surface area contributed by atoms with Crippen LogP contribution in [0.4, 0.5) is 17.4 Å². The summed E-state index contributed by atoms with van der Waals surface area (Å²) in [5, 5.41) is 2.87. The number of halogens is 1. The van der Waals surface area contributed by atoms with Gasteiger partial charge in [0.15, 0.2) is 5.69 Å². The molecule has 9 heteroatoms. The molecule has 0 atom stereocenters. The smallest absolute Gasteiger partial charge is 0.292 e. The lowest BCUT2D eigenvalue weighted by Gasteiger charge is -2.42. The maximum atomic E-state index is 12.3. The lowest BCUT2D eigenvalue weighted by molar-refractivity contribution is 0.0883. The number of rotatable bonds is 5. The van der Waals surface area contributed by atoms with Crippen molar-refractivity contribution in [2.75, 3.05) is 68.8 Å². The van der Waals surface area contributed by atoms with Crippen LogP contribution in [0.2, 0.25) is 0 Å². The number of hydrogen-bond donors (Lipinski definition) is 2. The Labute approximate surface area is 172 Å². The highest BCUT2D eigenvalue weighted by atomic mass is 79.9. The van der Waals surface area contributed by atoms with Crippen molar-refractivity contribution in [1.82, 2.24) is 14.8 Å². The molecular formula is C19H25BrN6O2. The summed E-state index contributed by atoms with van der Waals surface area (Å²) in [6, 6.07) is 6.00. The Morgan fingerprint density at radius 3 is 2.71 bits per heavy atom. The van der Waals surface area contributed by atoms with Crippen LogP contribution < -0.4 is 16.0 Å². The Balaban J connectivity index is 1.36. The van der Waals surface area contributed by atoms with Crippen LogP contribution in [-0.2, 0) is 0 Å². The number of aromatic nitrogens is 1. The van der Waals surface area contributed by atoms with Crippen molar-refractivity contribution in [1.29, 1.82) is 0 Å². The van der Waals surface area contributed by atoms with E-state index in [9.17, 15) is 4.79 Å². The second-order valence-electron chi connectivity index (χ2n) is 7.56. The SMILES string of the molecule is CN1CC(CN2CCN(c3ccc(Br)c(NC(=O)c4coc(N)n4)c3)CC2)C1. The molecule has 2 saturated heterocycles. The number of benzene rings is 1. The van der Waals surface area contributed by atoms with Crippen LogP contribution in [0.5, 0.6) is 0 Å². The summed E-state index contributed by atoms with van der Waals surface area (Å²) in [6.07, 6.45) is 1.25. The number of carbonyl (C=O) groups is 1. The minimum absolute atomic E-state index is 0.0237. The second kappa shape index (κ2) is 8.10. The summed E-state index contributed by atoms with van der Waals surface area (Å²) in [5.74, 6) is 0.463. The van der Waals surface area contributed by atoms with E-state index < -0.39 is 0 Å². The standard InChI is InChI=1S/C19H25BrN6O2/c1-24-9-13(10-24)11-25-4-6-26(7-5-25)14-2-3-15(20)16(8-14)22-18(27)17-12-28-19(21)23-17/h2-3,8,12-13H,4-7,9-11H2,1H3,(H2,21,23)(H,22,27). The summed E-state index contributed by atoms with van der Waals surface area (Å²) < 4.78 is 5.72. The van der Waals surface area contributed by atoms with Gasteiger partial charge in [0.25, 0.3) is 11.9 Å². The maximum Gasteiger partial charge on any atom is 0.292 e. The van der Waals surface area contributed by atoms with Crippen molar-refractivity contribution in [3.63, 3.8) is 0 Å². The van der Waals surface area contributed by atoms with Crippen molar-refractivity contribution in [3.05, 3.63) is 34.6 Å². The van der Waals surface area contributed by atoms with Crippen LogP contribution in [0, 0.1) is 5.92 Å². The molecular weight excluding hydrogens is 424 g/mol. The van der Waals surface area contributed by atoms with Gasteiger partial charge in [-0.2, -0.15) is 4.98 Å². The van der Waals surface area contributed by atoms with Crippen LogP contribution in [0.15, 0.2) is 33.4 Å². The van der Waals surface area contributed by atoms with Crippen molar-refractivity contribution in [3.8, 4) is 0 Å². The van der Waals surface area contributed by atoms with E-state index in [1.54, 1.807) is 0 Å². The number of piperazine rings is 1. The molecule has 0 saturated carbocycles. The summed E-state index contributed by atoms with van der Waals surface area (Å²) in [6.45, 7) is 7.72. The van der Waals surface area contributed by atoms with Gasteiger partial charge in [0.1, 0.15) is 6.26 Å². The van der Waals surface area contributed by atoms with Crippen LogP contribution in [0.25, 0.3) is 0 Å². The molecule has 1 amide bonds. The van der Waals surface area contributed by atoms with Crippen molar-refractivity contribution in [2.45, 2.75) is 0 Å². The van der Waals surface area contributed by atoms with E-state index in [0.29, 0.717) is 5.69 Å². The van der Waals surface area contributed by atoms with Crippen molar-refractivity contribution in [2.24, 2.45) is 5.92 Å². The molecule has 0 bridgehead atoms. The Morgan fingerprint density at radius 2 is 2.07 bits per heavy atom.